The molecule has 124 N–H and O–H groups in total. The zero-order chi connectivity index (χ0) is 0. The van der Waals surface area contributed by atoms with E-state index >= 15 is 0 Å². The first-order chi connectivity index (χ1) is 0. The van der Waals surface area contributed by atoms with E-state index in [2.05, 4.69) is 0 Å². The van der Waals surface area contributed by atoms with E-state index in [-0.39, 0.29) is 1030 Å². The molecule has 0 rings (SSSR count). The summed E-state index contributed by atoms with van der Waals surface area (Å²) in [7, 11) is 0. The van der Waals surface area contributed by atoms with Gasteiger partial charge >= 0.3 is 0 Å². The Balaban J connectivity index is 0. The number of hydrogen-bond donors (Lipinski definition) is 0. The molecule has 0 aliphatic carbocycles. The van der Waals surface area contributed by atoms with Gasteiger partial charge in [0.2, 0.25) is 0 Å². The Morgan fingerprint density at radius 1 is 0.0440 bits per heavy atom. The van der Waals surface area contributed by atoms with Gasteiger partial charge < -0.3 is 340 Å². The molecule has 2 atom stereocenters. The molecule has 0 aliphatic heterocycles. The van der Waals surface area contributed by atoms with E-state index in [0.717, 1.165) is 0 Å². The van der Waals surface area contributed by atoms with Crippen LogP contribution in [0.4, 0.5) is 0 Å². The van der Waals surface area contributed by atoms with E-state index in [4.69, 9.17) is 0 Å². The van der Waals surface area contributed by atoms with Crippen molar-refractivity contribution >= 4 is 374 Å². The average Bonchev–Trinajstić information content (AvgIpc) is 0. The standard InChI is InChI=1S/12Na.62H2O.2H3P.15W/h;;;;;;;;;;;;62*1H2;2*1H3;;;;;;;;;;;;;;;. The molecule has 91 heavy (non-hydrogen) atoms. The van der Waals surface area contributed by atoms with Crippen LogP contribution >= 0.6 is 19.8 Å². The van der Waals surface area contributed by atoms with E-state index in [1.54, 1.807) is 0 Å². The molecule has 0 heterocycles. The van der Waals surface area contributed by atoms with Crippen LogP contribution in [0.5, 0.6) is 0 Å². The molecule has 614 valence electrons. The zero-order valence-electron chi connectivity index (χ0n) is 50.5. The summed E-state index contributed by atoms with van der Waals surface area (Å²) in [5, 5.41) is 0. The average molecular weight is 4220 g/mol. The Bertz CT molecular complexity index is 119. The van der Waals surface area contributed by atoms with Gasteiger partial charge in [-0.2, -0.15) is 19.8 Å². The fourth-order valence-corrected chi connectivity index (χ4v) is 0. The van der Waals surface area contributed by atoms with Gasteiger partial charge in [-0.25, -0.2) is 0 Å². The molecule has 0 fully saturated rings. The van der Waals surface area contributed by atoms with Gasteiger partial charge in [-0.1, -0.05) is 0 Å². The van der Waals surface area contributed by atoms with Crippen LogP contribution < -0.4 is 0 Å². The third kappa shape index (κ3) is 3050. The first kappa shape index (κ1) is 3190. The summed E-state index contributed by atoms with van der Waals surface area (Å²) in [5.74, 6) is 0. The molecule has 0 aromatic carbocycles. The summed E-state index contributed by atoms with van der Waals surface area (Å²) in [5.41, 5.74) is 0. The molecule has 0 spiro atoms. The van der Waals surface area contributed by atoms with Gasteiger partial charge in [0.1, 0.15) is 0 Å². The van der Waals surface area contributed by atoms with Crippen molar-refractivity contribution in [3.8, 4) is 0 Å². The first-order valence-electron chi connectivity index (χ1n) is 0. The maximum atomic E-state index is 0. The van der Waals surface area contributed by atoms with E-state index < -0.39 is 0 Å². The largest absolute Gasteiger partial charge is 0.412 e. The van der Waals surface area contributed by atoms with Crippen LogP contribution in [0.1, 0.15) is 0 Å². The fourth-order valence-electron chi connectivity index (χ4n) is 0. The van der Waals surface area contributed by atoms with Crippen LogP contribution in [0.2, 0.25) is 0 Å². The summed E-state index contributed by atoms with van der Waals surface area (Å²) in [6, 6.07) is 0. The number of rotatable bonds is 0. The molecule has 0 saturated carbocycles. The van der Waals surface area contributed by atoms with Crippen molar-refractivity contribution < 1.29 is 656 Å². The second-order valence-electron chi connectivity index (χ2n) is 0. The topological polar surface area (TPSA) is 1950 Å². The molecule has 12 radical (unpaired) electrons. The predicted molar refractivity (Wildman–Crippen MR) is 315 cm³/mol. The molecular formula is H130Na12O62P2W15. The van der Waals surface area contributed by atoms with Crippen molar-refractivity contribution in [2.45, 2.75) is 0 Å². The van der Waals surface area contributed by atoms with Crippen LogP contribution in [-0.2, 0) is 316 Å². The van der Waals surface area contributed by atoms with Gasteiger partial charge in [0, 0.05) is 671 Å². The van der Waals surface area contributed by atoms with Crippen LogP contribution in [-0.4, -0.2) is 694 Å². The summed E-state index contributed by atoms with van der Waals surface area (Å²) in [6.07, 6.45) is 0. The Kier molecular flexibility index (Phi) is 109000. The van der Waals surface area contributed by atoms with E-state index in [1.165, 1.54) is 0 Å². The maximum absolute atomic E-state index is 0. The van der Waals surface area contributed by atoms with Gasteiger partial charge in [0.15, 0.2) is 0 Å². The Hall–Kier alpha value is 20.7. The molecule has 91 heteroatoms. The second-order valence-corrected chi connectivity index (χ2v) is 0. The predicted octanol–water partition coefficient (Wildman–Crippen LogP) is -55.6. The van der Waals surface area contributed by atoms with Gasteiger partial charge in [0.05, 0.1) is 0 Å². The van der Waals surface area contributed by atoms with Gasteiger partial charge in [0.25, 0.3) is 0 Å². The smallest absolute Gasteiger partial charge is 0 e. The second kappa shape index (κ2) is 3110. The quantitative estimate of drug-likeness (QED) is 0.161. The van der Waals surface area contributed by atoms with Crippen molar-refractivity contribution in [2.75, 3.05) is 0 Å². The molecule has 0 saturated heterocycles. The summed E-state index contributed by atoms with van der Waals surface area (Å²) in [4.78, 5) is 0. The van der Waals surface area contributed by atoms with Crippen LogP contribution in [0, 0.1) is 0 Å². The molecule has 0 aromatic heterocycles. The van der Waals surface area contributed by atoms with Gasteiger partial charge in [-0.05, 0) is 0 Å². The fraction of sp³-hybridized carbons (Fsp3) is 0. The Labute approximate surface area is 1010 Å². The van der Waals surface area contributed by atoms with Crippen LogP contribution in [0.25, 0.3) is 0 Å². The minimum Gasteiger partial charge on any atom is -0.412 e. The summed E-state index contributed by atoms with van der Waals surface area (Å²) < 4.78 is 0. The normalized spacial score (nSPS) is 0. The summed E-state index contributed by atoms with van der Waals surface area (Å²) in [6.45, 7) is 0. The van der Waals surface area contributed by atoms with Crippen LogP contribution in [0.15, 0.2) is 0 Å². The molecule has 0 aliphatic rings. The van der Waals surface area contributed by atoms with Crippen molar-refractivity contribution in [2.24, 2.45) is 0 Å². The Morgan fingerprint density at radius 2 is 0.0440 bits per heavy atom. The molecule has 2 unspecified atom stereocenters. The molecular weight excluding hydrogens is 4090 g/mol. The third-order valence-corrected chi connectivity index (χ3v) is 0. The first-order valence-corrected chi connectivity index (χ1v) is 0. The zero-order valence-corrected chi connectivity index (χ0v) is 121. The summed E-state index contributed by atoms with van der Waals surface area (Å²) >= 11 is 0. The maximum Gasteiger partial charge on any atom is 0 e. The number of hydrogen-bond acceptors (Lipinski definition) is 0. The van der Waals surface area contributed by atoms with Crippen molar-refractivity contribution in [3.05, 3.63) is 0 Å². The monoisotopic (exact) mass is 4220 g/mol. The van der Waals surface area contributed by atoms with Crippen molar-refractivity contribution in [3.63, 3.8) is 0 Å². The van der Waals surface area contributed by atoms with E-state index in [9.17, 15) is 0 Å². The minimum atomic E-state index is 0. The van der Waals surface area contributed by atoms with Crippen molar-refractivity contribution in [1.29, 1.82) is 0 Å². The SMILES string of the molecule is O.O.O.O.O.O.O.O.O.O.O.O.O.O.O.O.O.O.O.O.O.O.O.O.O.O.O.O.O.O.O.O.O.O.O.O.O.O.O.O.O.O.O.O.O.O.O.O.O.O.O.O.O.O.O.O.O.O.O.O.O.O.P.P.[Na].[Na].[Na].[Na].[Na].[Na].[Na].[Na].[Na].[Na].[Na].[Na].[W].[W].[W].[W].[W].[W].[W].[W].[W].[W].[W].[W].[W].[W].[W]. The third-order valence-electron chi connectivity index (χ3n) is 0. The van der Waals surface area contributed by atoms with Gasteiger partial charge in [-0.15, -0.1) is 0 Å². The molecule has 0 bridgehead atoms. The molecule has 62 nitrogen and oxygen atoms in total. The minimum absolute atomic E-state index is 0. The van der Waals surface area contributed by atoms with E-state index in [0.29, 0.717) is 0 Å². The van der Waals surface area contributed by atoms with Crippen LogP contribution in [0.3, 0.4) is 0 Å². The van der Waals surface area contributed by atoms with Gasteiger partial charge in [-0.3, -0.25) is 0 Å². The van der Waals surface area contributed by atoms with Crippen molar-refractivity contribution in [1.82, 2.24) is 0 Å². The Morgan fingerprint density at radius 3 is 0.0440 bits per heavy atom. The van der Waals surface area contributed by atoms with E-state index in [1.807, 2.05) is 0 Å². The molecule has 0 aromatic rings. The molecule has 0 amide bonds.